The molecule has 0 aromatic heterocycles. The van der Waals surface area contributed by atoms with Crippen molar-refractivity contribution in [3.8, 4) is 0 Å². The van der Waals surface area contributed by atoms with Crippen molar-refractivity contribution >= 4 is 18.8 Å². The van der Waals surface area contributed by atoms with Crippen LogP contribution in [-0.2, 0) is 15.5 Å². The van der Waals surface area contributed by atoms with E-state index in [0.717, 1.165) is 0 Å². The molecule has 0 spiro atoms. The molecule has 0 aromatic rings. The molecule has 1 nitrogen and oxygen atoms in total. The van der Waals surface area contributed by atoms with Crippen molar-refractivity contribution in [3.05, 3.63) is 0 Å². The van der Waals surface area contributed by atoms with Gasteiger partial charge in [0.25, 0.3) is 0 Å². The number of hydrogen-bond acceptors (Lipinski definition) is 1. The van der Waals surface area contributed by atoms with Crippen molar-refractivity contribution in [2.75, 3.05) is 0 Å². The summed E-state index contributed by atoms with van der Waals surface area (Å²) in [5, 5.41) is 0. The SMILES string of the molecule is [Cl][Pt]([Cl])[NH]C1CCCCC1. The molecule has 1 aliphatic rings. The molecule has 0 aliphatic heterocycles. The van der Waals surface area contributed by atoms with E-state index in [1.807, 2.05) is 0 Å². The predicted octanol–water partition coefficient (Wildman–Crippen LogP) is 2.75. The molecule has 0 radical (unpaired) electrons. The van der Waals surface area contributed by atoms with Crippen molar-refractivity contribution in [1.82, 2.24) is 3.88 Å². The molecule has 0 amide bonds. The van der Waals surface area contributed by atoms with Gasteiger partial charge in [0.1, 0.15) is 0 Å². The van der Waals surface area contributed by atoms with Gasteiger partial charge in [-0.2, -0.15) is 0 Å². The van der Waals surface area contributed by atoms with Gasteiger partial charge in [0.05, 0.1) is 0 Å². The van der Waals surface area contributed by atoms with Gasteiger partial charge in [0.2, 0.25) is 0 Å². The van der Waals surface area contributed by atoms with E-state index < -0.39 is 15.5 Å². The van der Waals surface area contributed by atoms with Crippen LogP contribution in [0.5, 0.6) is 0 Å². The molecule has 1 N–H and O–H groups in total. The van der Waals surface area contributed by atoms with Crippen LogP contribution in [0.4, 0.5) is 0 Å². The fraction of sp³-hybridized carbons (Fsp3) is 1.00. The predicted molar refractivity (Wildman–Crippen MR) is 41.7 cm³/mol. The molecule has 1 rings (SSSR count). The van der Waals surface area contributed by atoms with E-state index >= 15 is 0 Å². The summed E-state index contributed by atoms with van der Waals surface area (Å²) in [5.74, 6) is 0. The van der Waals surface area contributed by atoms with Gasteiger partial charge in [-0.05, 0) is 0 Å². The molecule has 0 bridgehead atoms. The Labute approximate surface area is 76.2 Å². The molecule has 1 aliphatic carbocycles. The summed E-state index contributed by atoms with van der Waals surface area (Å²) in [7, 11) is 11.4. The van der Waals surface area contributed by atoms with Crippen LogP contribution in [0.2, 0.25) is 0 Å². The number of halogens is 2. The van der Waals surface area contributed by atoms with E-state index in [2.05, 4.69) is 3.88 Å². The second-order valence-corrected chi connectivity index (χ2v) is 9.35. The zero-order chi connectivity index (χ0) is 7.40. The molecule has 0 heterocycles. The average Bonchev–Trinajstić information content (AvgIpc) is 1.88. The minimum atomic E-state index is -1.70. The second kappa shape index (κ2) is 4.98. The Morgan fingerprint density at radius 2 is 1.70 bits per heavy atom. The first-order valence-electron chi connectivity index (χ1n) is 3.50. The van der Waals surface area contributed by atoms with Gasteiger partial charge in [-0.3, -0.25) is 0 Å². The van der Waals surface area contributed by atoms with E-state index in [9.17, 15) is 0 Å². The monoisotopic (exact) mass is 363 g/mol. The molecule has 0 atom stereocenters. The summed E-state index contributed by atoms with van der Waals surface area (Å²) in [4.78, 5) is 0. The minimum absolute atomic E-state index is 0.634. The molecule has 65 valence electrons. The molecule has 0 aromatic carbocycles. The summed E-state index contributed by atoms with van der Waals surface area (Å²) in [5.41, 5.74) is 0. The zero-order valence-corrected chi connectivity index (χ0v) is 9.47. The van der Waals surface area contributed by atoms with Crippen LogP contribution in [0, 0.1) is 0 Å². The average molecular weight is 364 g/mol. The van der Waals surface area contributed by atoms with E-state index in [1.165, 1.54) is 32.1 Å². The van der Waals surface area contributed by atoms with Gasteiger partial charge in [-0.25, -0.2) is 0 Å². The molecule has 0 unspecified atom stereocenters. The Balaban J connectivity index is 2.13. The first kappa shape index (κ1) is 9.32. The third-order valence-electron chi connectivity index (χ3n) is 1.80. The third kappa shape index (κ3) is 3.57. The normalized spacial score (nSPS) is 22.8. The Bertz CT molecular complexity index is 93.7. The fourth-order valence-electron chi connectivity index (χ4n) is 1.29. The summed E-state index contributed by atoms with van der Waals surface area (Å²) in [6.45, 7) is 0. The maximum absolute atomic E-state index is 5.72. The second-order valence-electron chi connectivity index (χ2n) is 2.59. The Kier molecular flexibility index (Phi) is 4.64. The van der Waals surface area contributed by atoms with Crippen LogP contribution in [0.15, 0.2) is 0 Å². The van der Waals surface area contributed by atoms with Crippen molar-refractivity contribution in [2.24, 2.45) is 0 Å². The number of nitrogens with one attached hydrogen (secondary N) is 1. The van der Waals surface area contributed by atoms with Crippen LogP contribution in [-0.4, -0.2) is 6.04 Å². The van der Waals surface area contributed by atoms with Crippen LogP contribution in [0.3, 0.4) is 0 Å². The third-order valence-corrected chi connectivity index (χ3v) is 4.36. The molecular formula is C6H12Cl2NPt. The summed E-state index contributed by atoms with van der Waals surface area (Å²) in [6, 6.07) is 0.634. The quantitative estimate of drug-likeness (QED) is 0.795. The first-order valence-corrected chi connectivity index (χ1v) is 10.3. The molecule has 0 saturated heterocycles. The Morgan fingerprint density at radius 3 is 2.20 bits per heavy atom. The molecule has 10 heavy (non-hydrogen) atoms. The van der Waals surface area contributed by atoms with E-state index in [0.29, 0.717) is 6.04 Å². The van der Waals surface area contributed by atoms with Crippen LogP contribution in [0.1, 0.15) is 32.1 Å². The van der Waals surface area contributed by atoms with Gasteiger partial charge in [0, 0.05) is 0 Å². The van der Waals surface area contributed by atoms with Gasteiger partial charge in [0.15, 0.2) is 0 Å². The van der Waals surface area contributed by atoms with Crippen molar-refractivity contribution < 1.29 is 15.5 Å². The number of rotatable bonds is 2. The first-order chi connectivity index (χ1) is 4.79. The maximum atomic E-state index is 5.72. The molecule has 4 heteroatoms. The topological polar surface area (TPSA) is 12.0 Å². The fourth-order valence-corrected chi connectivity index (χ4v) is 4.25. The van der Waals surface area contributed by atoms with Crippen LogP contribution in [0.25, 0.3) is 0 Å². The van der Waals surface area contributed by atoms with Gasteiger partial charge >= 0.3 is 76.3 Å². The van der Waals surface area contributed by atoms with Gasteiger partial charge in [-0.15, -0.1) is 0 Å². The number of hydrogen-bond donors (Lipinski definition) is 1. The molecular weight excluding hydrogens is 352 g/mol. The van der Waals surface area contributed by atoms with Crippen LogP contribution >= 0.6 is 18.8 Å². The zero-order valence-electron chi connectivity index (χ0n) is 5.69. The van der Waals surface area contributed by atoms with Crippen molar-refractivity contribution in [2.45, 2.75) is 38.1 Å². The Morgan fingerprint density at radius 1 is 1.10 bits per heavy atom. The Hall–Kier alpha value is 1.23. The van der Waals surface area contributed by atoms with Crippen molar-refractivity contribution in [1.29, 1.82) is 0 Å². The van der Waals surface area contributed by atoms with E-state index in [-0.39, 0.29) is 0 Å². The summed E-state index contributed by atoms with van der Waals surface area (Å²) in [6.07, 6.45) is 6.61. The summed E-state index contributed by atoms with van der Waals surface area (Å²) >= 11 is -1.70. The van der Waals surface area contributed by atoms with Crippen molar-refractivity contribution in [3.63, 3.8) is 0 Å². The van der Waals surface area contributed by atoms with Gasteiger partial charge in [-0.1, -0.05) is 0 Å². The van der Waals surface area contributed by atoms with Gasteiger partial charge < -0.3 is 0 Å². The van der Waals surface area contributed by atoms with E-state index in [4.69, 9.17) is 18.8 Å². The molecule has 1 saturated carbocycles. The van der Waals surface area contributed by atoms with Crippen LogP contribution < -0.4 is 3.88 Å². The standard InChI is InChI=1S/C6H12N.2ClH.Pt/c7-6-4-2-1-3-5-6;;;/h6-7H,1-5H2;2*1H;/q-1;;;+3/p-2. The van der Waals surface area contributed by atoms with E-state index in [1.54, 1.807) is 0 Å². The molecule has 1 fully saturated rings. The summed E-state index contributed by atoms with van der Waals surface area (Å²) < 4.78 is 3.27.